The van der Waals surface area contributed by atoms with Gasteiger partial charge in [-0.1, -0.05) is 31.2 Å². The Morgan fingerprint density at radius 1 is 1.03 bits per heavy atom. The van der Waals surface area contributed by atoms with Crippen LogP contribution >= 0.6 is 11.6 Å². The van der Waals surface area contributed by atoms with Crippen LogP contribution in [0.1, 0.15) is 43.1 Å². The molecule has 0 heterocycles. The number of rotatable bonds is 13. The number of hydrogen-bond donors (Lipinski definition) is 1. The molecule has 8 heteroatoms. The van der Waals surface area contributed by atoms with Crippen LogP contribution < -0.4 is 24.4 Å². The summed E-state index contributed by atoms with van der Waals surface area (Å²) < 4.78 is 22.4. The van der Waals surface area contributed by atoms with Gasteiger partial charge in [0.25, 0.3) is 5.91 Å². The van der Waals surface area contributed by atoms with E-state index in [1.165, 1.54) is 6.21 Å². The summed E-state index contributed by atoms with van der Waals surface area (Å²) in [7, 11) is 0. The van der Waals surface area contributed by atoms with E-state index in [4.69, 9.17) is 30.5 Å². The first-order valence-electron chi connectivity index (χ1n) is 10.5. The van der Waals surface area contributed by atoms with Crippen molar-refractivity contribution in [2.75, 3.05) is 26.4 Å². The summed E-state index contributed by atoms with van der Waals surface area (Å²) in [5, 5.41) is 4.40. The van der Waals surface area contributed by atoms with Crippen molar-refractivity contribution in [1.82, 2.24) is 5.43 Å². The van der Waals surface area contributed by atoms with Crippen LogP contribution in [0.15, 0.2) is 48.1 Å². The first-order valence-corrected chi connectivity index (χ1v) is 10.8. The molecule has 2 aromatic rings. The van der Waals surface area contributed by atoms with Crippen molar-refractivity contribution in [2.45, 2.75) is 27.2 Å². The molecule has 7 nitrogen and oxygen atoms in total. The third-order valence-electron chi connectivity index (χ3n) is 4.02. The molecule has 2 aromatic carbocycles. The number of nitrogens with zero attached hydrogens (tertiary/aromatic N) is 1. The Labute approximate surface area is 194 Å². The van der Waals surface area contributed by atoms with E-state index < -0.39 is 0 Å². The highest BCUT2D eigenvalue weighted by Crippen LogP contribution is 2.36. The Kier molecular flexibility index (Phi) is 10.4. The molecule has 0 aliphatic heterocycles. The molecule has 0 aliphatic carbocycles. The largest absolute Gasteiger partial charge is 0.490 e. The van der Waals surface area contributed by atoms with E-state index in [0.717, 1.165) is 6.42 Å². The van der Waals surface area contributed by atoms with Crippen LogP contribution in [0.3, 0.4) is 0 Å². The van der Waals surface area contributed by atoms with Gasteiger partial charge in [0.1, 0.15) is 6.61 Å². The summed E-state index contributed by atoms with van der Waals surface area (Å²) in [5.41, 5.74) is 3.55. The fourth-order valence-electron chi connectivity index (χ4n) is 2.69. The molecule has 0 spiro atoms. The van der Waals surface area contributed by atoms with Crippen molar-refractivity contribution < 1.29 is 23.7 Å². The maximum absolute atomic E-state index is 12.5. The highest BCUT2D eigenvalue weighted by atomic mass is 35.5. The summed E-state index contributed by atoms with van der Waals surface area (Å²) in [6, 6.07) is 8.42. The van der Waals surface area contributed by atoms with Crippen LogP contribution in [0.25, 0.3) is 0 Å². The van der Waals surface area contributed by atoms with E-state index in [0.29, 0.717) is 65.6 Å². The highest BCUT2D eigenvalue weighted by molar-refractivity contribution is 6.32. The molecule has 0 unspecified atom stereocenters. The Morgan fingerprint density at radius 2 is 1.78 bits per heavy atom. The minimum Gasteiger partial charge on any atom is -0.490 e. The van der Waals surface area contributed by atoms with Gasteiger partial charge in [0.2, 0.25) is 0 Å². The third kappa shape index (κ3) is 7.20. The summed E-state index contributed by atoms with van der Waals surface area (Å²) in [6.07, 6.45) is 3.97. The second-order valence-corrected chi connectivity index (χ2v) is 6.91. The molecule has 0 fully saturated rings. The van der Waals surface area contributed by atoms with Gasteiger partial charge in [0.15, 0.2) is 23.0 Å². The Balaban J connectivity index is 2.14. The van der Waals surface area contributed by atoms with Crippen LogP contribution in [0.5, 0.6) is 23.0 Å². The molecule has 0 saturated heterocycles. The quantitative estimate of drug-likeness (QED) is 0.251. The molecule has 0 aromatic heterocycles. The van der Waals surface area contributed by atoms with Crippen LogP contribution in [0.4, 0.5) is 0 Å². The van der Waals surface area contributed by atoms with Crippen molar-refractivity contribution >= 4 is 23.7 Å². The minimum absolute atomic E-state index is 0.301. The molecule has 0 bridgehead atoms. The zero-order valence-electron chi connectivity index (χ0n) is 18.7. The lowest BCUT2D eigenvalue weighted by molar-refractivity contribution is 0.0954. The molecule has 0 aliphatic rings. The smallest absolute Gasteiger partial charge is 0.271 e. The van der Waals surface area contributed by atoms with Gasteiger partial charge >= 0.3 is 0 Å². The molecule has 1 N–H and O–H groups in total. The number of hydrogen-bond acceptors (Lipinski definition) is 6. The lowest BCUT2D eigenvalue weighted by atomic mass is 10.2. The normalized spacial score (nSPS) is 10.6. The van der Waals surface area contributed by atoms with Gasteiger partial charge in [-0.25, -0.2) is 5.43 Å². The maximum Gasteiger partial charge on any atom is 0.271 e. The highest BCUT2D eigenvalue weighted by Gasteiger charge is 2.13. The average molecular weight is 461 g/mol. The molecule has 2 rings (SSSR count). The zero-order chi connectivity index (χ0) is 23.3. The van der Waals surface area contributed by atoms with Gasteiger partial charge in [-0.2, -0.15) is 5.10 Å². The van der Waals surface area contributed by atoms with Crippen molar-refractivity contribution in [1.29, 1.82) is 0 Å². The first kappa shape index (κ1) is 25.1. The Hall–Kier alpha value is -3.19. The fourth-order valence-corrected chi connectivity index (χ4v) is 2.96. The standard InChI is InChI=1S/C24H29ClN2O5/c1-5-11-31-20-10-9-18(15-21(20)29-7-3)24(28)27-26-16-17-13-19(25)23(32-12-6-2)22(14-17)30-8-4/h6,9-10,13-16H,2,5,7-8,11-12H2,1,3-4H3,(H,27,28)/b26-16+. The number of ether oxygens (including phenoxy) is 4. The molecule has 0 atom stereocenters. The third-order valence-corrected chi connectivity index (χ3v) is 4.31. The van der Waals surface area contributed by atoms with E-state index >= 15 is 0 Å². The van der Waals surface area contributed by atoms with Gasteiger partial charge < -0.3 is 18.9 Å². The molecule has 1 amide bonds. The van der Waals surface area contributed by atoms with E-state index in [9.17, 15) is 4.79 Å². The number of amides is 1. The molecular formula is C24H29ClN2O5. The van der Waals surface area contributed by atoms with Crippen LogP contribution in [0, 0.1) is 0 Å². The van der Waals surface area contributed by atoms with E-state index in [1.807, 2.05) is 20.8 Å². The van der Waals surface area contributed by atoms with Crippen molar-refractivity contribution in [2.24, 2.45) is 5.10 Å². The van der Waals surface area contributed by atoms with Crippen molar-refractivity contribution in [3.8, 4) is 23.0 Å². The average Bonchev–Trinajstić information content (AvgIpc) is 2.78. The number of hydrazone groups is 1. The molecular weight excluding hydrogens is 432 g/mol. The predicted molar refractivity (Wildman–Crippen MR) is 127 cm³/mol. The molecule has 0 saturated carbocycles. The van der Waals surface area contributed by atoms with E-state index in [1.54, 1.807) is 36.4 Å². The van der Waals surface area contributed by atoms with Gasteiger partial charge in [0, 0.05) is 5.56 Å². The number of carbonyl (C=O) groups excluding carboxylic acids is 1. The number of carbonyl (C=O) groups is 1. The predicted octanol–water partition coefficient (Wildman–Crippen LogP) is 5.25. The second kappa shape index (κ2) is 13.3. The molecule has 0 radical (unpaired) electrons. The van der Waals surface area contributed by atoms with Gasteiger partial charge in [-0.15, -0.1) is 0 Å². The van der Waals surface area contributed by atoms with Gasteiger partial charge in [-0.05, 0) is 56.2 Å². The number of benzene rings is 2. The summed E-state index contributed by atoms with van der Waals surface area (Å²) in [5.74, 6) is 1.65. The molecule has 172 valence electrons. The topological polar surface area (TPSA) is 78.4 Å². The fraction of sp³-hybridized carbons (Fsp3) is 0.333. The van der Waals surface area contributed by atoms with Gasteiger partial charge in [0.05, 0.1) is 31.1 Å². The molecule has 32 heavy (non-hydrogen) atoms. The van der Waals surface area contributed by atoms with Crippen LogP contribution in [-0.4, -0.2) is 38.5 Å². The van der Waals surface area contributed by atoms with E-state index in [2.05, 4.69) is 17.1 Å². The zero-order valence-corrected chi connectivity index (χ0v) is 19.4. The Morgan fingerprint density at radius 3 is 2.47 bits per heavy atom. The van der Waals surface area contributed by atoms with Crippen LogP contribution in [0.2, 0.25) is 5.02 Å². The van der Waals surface area contributed by atoms with Gasteiger partial charge in [-0.3, -0.25) is 4.79 Å². The van der Waals surface area contributed by atoms with Crippen molar-refractivity contribution in [3.63, 3.8) is 0 Å². The summed E-state index contributed by atoms with van der Waals surface area (Å²) in [4.78, 5) is 12.5. The maximum atomic E-state index is 12.5. The van der Waals surface area contributed by atoms with E-state index in [-0.39, 0.29) is 5.91 Å². The summed E-state index contributed by atoms with van der Waals surface area (Å²) >= 11 is 6.33. The van der Waals surface area contributed by atoms with Crippen molar-refractivity contribution in [3.05, 3.63) is 59.1 Å². The minimum atomic E-state index is -0.383. The number of halogens is 1. The first-order chi connectivity index (χ1) is 15.5. The summed E-state index contributed by atoms with van der Waals surface area (Å²) in [6.45, 7) is 11.2. The second-order valence-electron chi connectivity index (χ2n) is 6.50. The lowest BCUT2D eigenvalue weighted by Gasteiger charge is -2.13. The monoisotopic (exact) mass is 460 g/mol. The SMILES string of the molecule is C=CCOc1c(Cl)cc(/C=N/NC(=O)c2ccc(OCCC)c(OCC)c2)cc1OCC. The lowest BCUT2D eigenvalue weighted by Crippen LogP contribution is -2.17. The number of nitrogens with one attached hydrogen (secondary N) is 1. The Bertz CT molecular complexity index is 946. The van der Waals surface area contributed by atoms with Crippen LogP contribution in [-0.2, 0) is 0 Å².